The third kappa shape index (κ3) is 6.11. The van der Waals surface area contributed by atoms with Crippen LogP contribution in [0, 0.1) is 12.8 Å². The first-order chi connectivity index (χ1) is 11.1. The lowest BCUT2D eigenvalue weighted by Gasteiger charge is -2.21. The van der Waals surface area contributed by atoms with Gasteiger partial charge in [0.1, 0.15) is 0 Å². The zero-order valence-electron chi connectivity index (χ0n) is 14.9. The predicted molar refractivity (Wildman–Crippen MR) is 97.5 cm³/mol. The molecule has 0 unspecified atom stereocenters. The number of nitrogens with one attached hydrogen (secondary N) is 1. The van der Waals surface area contributed by atoms with Crippen LogP contribution in [0.2, 0.25) is 0 Å². The Morgan fingerprint density at radius 1 is 1.48 bits per heavy atom. The summed E-state index contributed by atoms with van der Waals surface area (Å²) < 4.78 is 5.69. The van der Waals surface area contributed by atoms with Gasteiger partial charge in [-0.25, -0.2) is 4.98 Å². The third-order valence-electron chi connectivity index (χ3n) is 4.09. The molecule has 0 spiro atoms. The standard InChI is InChI=1S/C17H30N4OS/c1-5-15-13(2)23-16(20-15)8-9-19-17(18-3)21(4)10-11-22-12-14-6-7-14/h14H,5-12H2,1-4H3,(H,18,19). The molecule has 1 aliphatic rings. The van der Waals surface area contributed by atoms with E-state index >= 15 is 0 Å². The second-order valence-corrected chi connectivity index (χ2v) is 7.42. The maximum absolute atomic E-state index is 5.69. The molecule has 0 bridgehead atoms. The van der Waals surface area contributed by atoms with Crippen molar-refractivity contribution in [1.29, 1.82) is 0 Å². The highest BCUT2D eigenvalue weighted by Crippen LogP contribution is 2.28. The van der Waals surface area contributed by atoms with Gasteiger partial charge in [-0.15, -0.1) is 11.3 Å². The predicted octanol–water partition coefficient (Wildman–Crippen LogP) is 2.49. The monoisotopic (exact) mass is 338 g/mol. The SMILES string of the molecule is CCc1nc(CCNC(=NC)N(C)CCOCC2CC2)sc1C. The first-order valence-corrected chi connectivity index (χ1v) is 9.40. The van der Waals surface area contributed by atoms with E-state index in [4.69, 9.17) is 4.74 Å². The summed E-state index contributed by atoms with van der Waals surface area (Å²) in [6.07, 6.45) is 4.64. The minimum absolute atomic E-state index is 0.763. The van der Waals surface area contributed by atoms with Crippen LogP contribution in [-0.2, 0) is 17.6 Å². The Morgan fingerprint density at radius 3 is 2.87 bits per heavy atom. The molecule has 1 N–H and O–H groups in total. The molecule has 1 heterocycles. The van der Waals surface area contributed by atoms with Gasteiger partial charge in [-0.3, -0.25) is 4.99 Å². The first-order valence-electron chi connectivity index (χ1n) is 8.58. The molecule has 0 saturated heterocycles. The normalized spacial score (nSPS) is 15.0. The highest BCUT2D eigenvalue weighted by Gasteiger charge is 2.21. The van der Waals surface area contributed by atoms with Gasteiger partial charge in [-0.1, -0.05) is 6.92 Å². The van der Waals surface area contributed by atoms with Crippen LogP contribution in [0.5, 0.6) is 0 Å². The molecule has 0 amide bonds. The minimum atomic E-state index is 0.763. The zero-order chi connectivity index (χ0) is 16.7. The van der Waals surface area contributed by atoms with Crippen LogP contribution in [0.4, 0.5) is 0 Å². The van der Waals surface area contributed by atoms with Crippen molar-refractivity contribution >= 4 is 17.3 Å². The Kier molecular flexibility index (Phi) is 7.30. The number of likely N-dealkylation sites (N-methyl/N-ethyl adjacent to an activating group) is 1. The van der Waals surface area contributed by atoms with E-state index in [-0.39, 0.29) is 0 Å². The summed E-state index contributed by atoms with van der Waals surface area (Å²) in [7, 11) is 3.88. The second kappa shape index (κ2) is 9.23. The van der Waals surface area contributed by atoms with Gasteiger partial charge >= 0.3 is 0 Å². The van der Waals surface area contributed by atoms with Crippen molar-refractivity contribution in [2.75, 3.05) is 40.4 Å². The van der Waals surface area contributed by atoms with Crippen LogP contribution in [0.15, 0.2) is 4.99 Å². The Balaban J connectivity index is 1.66. The van der Waals surface area contributed by atoms with Crippen LogP contribution < -0.4 is 5.32 Å². The van der Waals surface area contributed by atoms with Crippen LogP contribution in [0.1, 0.15) is 35.3 Å². The first kappa shape index (κ1) is 18.2. The number of aliphatic imine (C=N–C) groups is 1. The topological polar surface area (TPSA) is 49.8 Å². The quantitative estimate of drug-likeness (QED) is 0.427. The third-order valence-corrected chi connectivity index (χ3v) is 5.16. The van der Waals surface area contributed by atoms with E-state index in [1.54, 1.807) is 0 Å². The van der Waals surface area contributed by atoms with Crippen LogP contribution in [-0.4, -0.2) is 56.2 Å². The van der Waals surface area contributed by atoms with Gasteiger partial charge in [0.05, 0.1) is 17.3 Å². The molecule has 1 saturated carbocycles. The number of rotatable bonds is 9. The Bertz CT molecular complexity index is 511. The Hall–Kier alpha value is -1.14. The number of hydrogen-bond acceptors (Lipinski definition) is 4. The lowest BCUT2D eigenvalue weighted by Crippen LogP contribution is -2.41. The number of thiazole rings is 1. The van der Waals surface area contributed by atoms with E-state index in [2.05, 4.69) is 41.1 Å². The number of aromatic nitrogens is 1. The molecule has 1 aliphatic carbocycles. The zero-order valence-corrected chi connectivity index (χ0v) is 15.7. The number of nitrogens with zero attached hydrogens (tertiary/aromatic N) is 3. The molecule has 1 aromatic heterocycles. The van der Waals surface area contributed by atoms with Gasteiger partial charge in [-0.05, 0) is 32.1 Å². The molecule has 1 aromatic rings. The number of aryl methyl sites for hydroxylation is 2. The lowest BCUT2D eigenvalue weighted by molar-refractivity contribution is 0.115. The van der Waals surface area contributed by atoms with E-state index in [1.165, 1.54) is 28.4 Å². The fourth-order valence-corrected chi connectivity index (χ4v) is 3.45. The molecule has 0 radical (unpaired) electrons. The highest BCUT2D eigenvalue weighted by atomic mass is 32.1. The van der Waals surface area contributed by atoms with Gasteiger partial charge in [0.15, 0.2) is 5.96 Å². The maximum Gasteiger partial charge on any atom is 0.193 e. The van der Waals surface area contributed by atoms with Crippen molar-refractivity contribution in [3.8, 4) is 0 Å². The number of hydrogen-bond donors (Lipinski definition) is 1. The number of guanidine groups is 1. The summed E-state index contributed by atoms with van der Waals surface area (Å²) in [5.74, 6) is 1.75. The molecule has 130 valence electrons. The summed E-state index contributed by atoms with van der Waals surface area (Å²) in [6.45, 7) is 7.72. The summed E-state index contributed by atoms with van der Waals surface area (Å²) in [4.78, 5) is 12.5. The summed E-state index contributed by atoms with van der Waals surface area (Å²) in [5.41, 5.74) is 1.24. The molecular formula is C17H30N4OS. The summed E-state index contributed by atoms with van der Waals surface area (Å²) in [6, 6.07) is 0. The van der Waals surface area contributed by atoms with Crippen LogP contribution in [0.25, 0.3) is 0 Å². The van der Waals surface area contributed by atoms with E-state index < -0.39 is 0 Å². The van der Waals surface area contributed by atoms with Crippen molar-refractivity contribution in [2.45, 2.75) is 39.5 Å². The fraction of sp³-hybridized carbons (Fsp3) is 0.765. The van der Waals surface area contributed by atoms with Gasteiger partial charge in [-0.2, -0.15) is 0 Å². The van der Waals surface area contributed by atoms with Crippen molar-refractivity contribution in [1.82, 2.24) is 15.2 Å². The highest BCUT2D eigenvalue weighted by molar-refractivity contribution is 7.11. The summed E-state index contributed by atoms with van der Waals surface area (Å²) in [5, 5.41) is 4.62. The summed E-state index contributed by atoms with van der Waals surface area (Å²) >= 11 is 1.81. The molecule has 0 atom stereocenters. The van der Waals surface area contributed by atoms with Gasteiger partial charge < -0.3 is 15.0 Å². The molecule has 6 heteroatoms. The van der Waals surface area contributed by atoms with Crippen LogP contribution >= 0.6 is 11.3 Å². The van der Waals surface area contributed by atoms with Gasteiger partial charge in [0.25, 0.3) is 0 Å². The van der Waals surface area contributed by atoms with Crippen molar-refractivity contribution in [2.24, 2.45) is 10.9 Å². The van der Waals surface area contributed by atoms with Crippen molar-refractivity contribution in [3.63, 3.8) is 0 Å². The fourth-order valence-electron chi connectivity index (χ4n) is 2.43. The lowest BCUT2D eigenvalue weighted by atomic mass is 10.3. The molecule has 5 nitrogen and oxygen atoms in total. The van der Waals surface area contributed by atoms with Crippen molar-refractivity contribution in [3.05, 3.63) is 15.6 Å². The second-order valence-electron chi connectivity index (χ2n) is 6.13. The molecule has 0 aromatic carbocycles. The van der Waals surface area contributed by atoms with Gasteiger partial charge in [0, 0.05) is 45.1 Å². The largest absolute Gasteiger partial charge is 0.379 e. The smallest absolute Gasteiger partial charge is 0.193 e. The average molecular weight is 339 g/mol. The molecule has 0 aliphatic heterocycles. The minimum Gasteiger partial charge on any atom is -0.379 e. The van der Waals surface area contributed by atoms with E-state index in [0.29, 0.717) is 0 Å². The Morgan fingerprint density at radius 2 is 2.26 bits per heavy atom. The van der Waals surface area contributed by atoms with Crippen LogP contribution in [0.3, 0.4) is 0 Å². The average Bonchev–Trinajstić information content (AvgIpc) is 3.30. The maximum atomic E-state index is 5.69. The molecule has 2 rings (SSSR count). The molecule has 1 fully saturated rings. The number of ether oxygens (including phenoxy) is 1. The van der Waals surface area contributed by atoms with Crippen molar-refractivity contribution < 1.29 is 4.74 Å². The van der Waals surface area contributed by atoms with E-state index in [0.717, 1.165) is 51.0 Å². The van der Waals surface area contributed by atoms with E-state index in [1.807, 2.05) is 18.4 Å². The molecule has 23 heavy (non-hydrogen) atoms. The molecular weight excluding hydrogens is 308 g/mol. The van der Waals surface area contributed by atoms with Gasteiger partial charge in [0.2, 0.25) is 0 Å². The Labute approximate surface area is 144 Å². The van der Waals surface area contributed by atoms with E-state index in [9.17, 15) is 0 Å².